The van der Waals surface area contributed by atoms with Crippen LogP contribution in [-0.2, 0) is 42.1 Å². The van der Waals surface area contributed by atoms with Crippen LogP contribution in [0.15, 0.2) is 0 Å². The molecule has 0 aliphatic rings. The molecule has 0 aromatic heterocycles. The van der Waals surface area contributed by atoms with E-state index < -0.39 is 33.6 Å². The largest absolute Gasteiger partial charge is 6.00 e. The summed E-state index contributed by atoms with van der Waals surface area (Å²) in [5.74, 6) is 0. The molecule has 0 fully saturated rings. The standard InChI is InChI=1S/3C10H21NO2.6ClH.2W/c3*1-6-11(7-9(2,3)12)8-10(4,5)13;;;;;;;;/h3*6-8H2,1-5H3;6*1H;;/q3*-2;;;;;;;2*+6/p-6. The summed E-state index contributed by atoms with van der Waals surface area (Å²) < 4.78 is 0. The summed E-state index contributed by atoms with van der Waals surface area (Å²) in [7, 11) is 0. The second kappa shape index (κ2) is 34.5. The zero-order valence-electron chi connectivity index (χ0n) is 31.2. The fraction of sp³-hybridized carbons (Fsp3) is 1.00. The molecule has 9 nitrogen and oxygen atoms in total. The predicted molar refractivity (Wildman–Crippen MR) is 151 cm³/mol. The third-order valence-corrected chi connectivity index (χ3v) is 4.97. The summed E-state index contributed by atoms with van der Waals surface area (Å²) >= 11 is 0. The number of hydrogen-bond donors (Lipinski definition) is 0. The Hall–Kier alpha value is 2.76. The predicted octanol–water partition coefficient (Wildman–Crippen LogP) is -19.2. The van der Waals surface area contributed by atoms with Gasteiger partial charge in [-0.25, -0.2) is 0 Å². The molecule has 0 N–H and O–H groups in total. The fourth-order valence-corrected chi connectivity index (χ4v) is 4.07. The zero-order chi connectivity index (χ0) is 32.1. The van der Waals surface area contributed by atoms with Crippen molar-refractivity contribution in [2.24, 2.45) is 0 Å². The third kappa shape index (κ3) is 71.0. The number of nitrogens with zero attached hydrogens (tertiary/aromatic N) is 3. The first kappa shape index (κ1) is 78.7. The molecule has 47 heavy (non-hydrogen) atoms. The Balaban J connectivity index is -0.0000000424. The van der Waals surface area contributed by atoms with Gasteiger partial charge in [0.1, 0.15) is 0 Å². The summed E-state index contributed by atoms with van der Waals surface area (Å²) in [6.07, 6.45) is 0. The van der Waals surface area contributed by atoms with Gasteiger partial charge in [-0.15, -0.1) is 33.6 Å². The number of likely N-dealkylation sites (N-methyl/N-ethyl adjacent to an activating group) is 3. The summed E-state index contributed by atoms with van der Waals surface area (Å²) in [5.41, 5.74) is -5.83. The average Bonchev–Trinajstić information content (AvgIpc) is 2.60. The van der Waals surface area contributed by atoms with Crippen LogP contribution in [0.25, 0.3) is 0 Å². The van der Waals surface area contributed by atoms with Crippen LogP contribution in [0.5, 0.6) is 0 Å². The summed E-state index contributed by atoms with van der Waals surface area (Å²) in [5, 5.41) is 68.5. The maximum atomic E-state index is 11.4. The fourth-order valence-electron chi connectivity index (χ4n) is 4.07. The maximum absolute atomic E-state index is 11.4. The normalized spacial score (nSPS) is 11.5. The molecule has 0 aliphatic heterocycles. The number of halogens is 6. The van der Waals surface area contributed by atoms with Gasteiger partial charge in [0.05, 0.1) is 0 Å². The molecule has 0 aromatic rings. The second-order valence-corrected chi connectivity index (χ2v) is 14.5. The molecule has 17 heteroatoms. The van der Waals surface area contributed by atoms with Crippen LogP contribution in [0.3, 0.4) is 0 Å². The van der Waals surface area contributed by atoms with Gasteiger partial charge < -0.3 is 120 Å². The Morgan fingerprint density at radius 2 is 0.383 bits per heavy atom. The molecule has 0 heterocycles. The van der Waals surface area contributed by atoms with Crippen LogP contribution in [0.1, 0.15) is 104 Å². The van der Waals surface area contributed by atoms with Gasteiger partial charge in [0.25, 0.3) is 0 Å². The molecule has 0 unspecified atom stereocenters. The van der Waals surface area contributed by atoms with Crippen LogP contribution in [0, 0.1) is 0 Å². The Morgan fingerprint density at radius 3 is 0.426 bits per heavy atom. The minimum absolute atomic E-state index is 0. The van der Waals surface area contributed by atoms with Crippen LogP contribution < -0.4 is 105 Å². The van der Waals surface area contributed by atoms with Crippen LogP contribution in [-0.4, -0.2) is 107 Å². The molecule has 0 saturated heterocycles. The minimum Gasteiger partial charge on any atom is -1.00 e. The quantitative estimate of drug-likeness (QED) is 0.156. The van der Waals surface area contributed by atoms with Gasteiger partial charge >= 0.3 is 42.1 Å². The minimum atomic E-state index is -0.971. The van der Waals surface area contributed by atoms with E-state index in [1.54, 1.807) is 83.1 Å². The first-order valence-corrected chi connectivity index (χ1v) is 14.3. The Labute approximate surface area is 355 Å². The van der Waals surface area contributed by atoms with E-state index in [-0.39, 0.29) is 117 Å². The van der Waals surface area contributed by atoms with Crippen molar-refractivity contribution in [3.05, 3.63) is 0 Å². The van der Waals surface area contributed by atoms with E-state index in [1.807, 2.05) is 35.5 Å². The Kier molecular flexibility index (Phi) is 57.8. The van der Waals surface area contributed by atoms with Crippen molar-refractivity contribution >= 4 is 0 Å². The monoisotopic (exact) mass is 1140 g/mol. The maximum Gasteiger partial charge on any atom is 6.00 e. The molecule has 0 amide bonds. The number of hydrogen-bond acceptors (Lipinski definition) is 9. The first-order valence-electron chi connectivity index (χ1n) is 14.3. The van der Waals surface area contributed by atoms with Crippen molar-refractivity contribution in [2.45, 2.75) is 137 Å². The third-order valence-electron chi connectivity index (χ3n) is 4.97. The molecular weight excluding hydrogens is 1080 g/mol. The molecule has 0 atom stereocenters. The SMILES string of the molecule is CCN(CC(C)(C)[O-])CC(C)(C)[O-].CCN(CC(C)(C)[O-])CC(C)(C)[O-].CCN(CC(C)(C)[O-])CC(C)(C)[O-].[Cl-].[Cl-].[Cl-].[Cl-].[Cl-].[Cl-].[W+6].[W+6]. The van der Waals surface area contributed by atoms with Crippen molar-refractivity contribution in [3.63, 3.8) is 0 Å². The van der Waals surface area contributed by atoms with Crippen LogP contribution in [0.4, 0.5) is 0 Å². The van der Waals surface area contributed by atoms with Gasteiger partial charge in [-0.05, 0) is 58.9 Å². The van der Waals surface area contributed by atoms with Crippen LogP contribution >= 0.6 is 0 Å². The van der Waals surface area contributed by atoms with E-state index in [0.29, 0.717) is 39.3 Å². The van der Waals surface area contributed by atoms with Gasteiger partial charge in [-0.2, -0.15) is 0 Å². The summed E-state index contributed by atoms with van der Waals surface area (Å²) in [6, 6.07) is 0. The van der Waals surface area contributed by atoms with Crippen molar-refractivity contribution in [2.75, 3.05) is 58.9 Å². The van der Waals surface area contributed by atoms with Gasteiger partial charge in [0.15, 0.2) is 0 Å². The molecule has 0 saturated carbocycles. The van der Waals surface area contributed by atoms with Crippen molar-refractivity contribution in [3.8, 4) is 0 Å². The molecular formula is C30H63Cl6N3O6W2. The summed E-state index contributed by atoms with van der Waals surface area (Å²) in [6.45, 7) is 30.6. The number of rotatable bonds is 15. The molecule has 0 aromatic carbocycles. The van der Waals surface area contributed by atoms with E-state index in [2.05, 4.69) is 0 Å². The van der Waals surface area contributed by atoms with E-state index in [9.17, 15) is 30.6 Å². The molecule has 0 radical (unpaired) electrons. The molecule has 0 bridgehead atoms. The molecule has 0 rings (SSSR count). The molecule has 288 valence electrons. The van der Waals surface area contributed by atoms with Crippen molar-refractivity contribution < 1.29 is 147 Å². The Morgan fingerprint density at radius 1 is 0.298 bits per heavy atom. The molecule has 0 aliphatic carbocycles. The topological polar surface area (TPSA) is 148 Å². The van der Waals surface area contributed by atoms with Gasteiger partial charge in [0, 0.05) is 0 Å². The average molecular weight is 1140 g/mol. The molecule has 0 spiro atoms. The van der Waals surface area contributed by atoms with E-state index >= 15 is 0 Å². The van der Waals surface area contributed by atoms with Gasteiger partial charge in [0.2, 0.25) is 0 Å². The van der Waals surface area contributed by atoms with E-state index in [1.165, 1.54) is 0 Å². The van der Waals surface area contributed by atoms with Gasteiger partial charge in [-0.3, -0.25) is 0 Å². The summed E-state index contributed by atoms with van der Waals surface area (Å²) in [4.78, 5) is 5.75. The van der Waals surface area contributed by atoms with E-state index in [4.69, 9.17) is 0 Å². The van der Waals surface area contributed by atoms with E-state index in [0.717, 1.165) is 19.6 Å². The second-order valence-electron chi connectivity index (χ2n) is 14.5. The van der Waals surface area contributed by atoms with Crippen molar-refractivity contribution in [1.82, 2.24) is 14.7 Å². The first-order chi connectivity index (χ1) is 16.9. The van der Waals surface area contributed by atoms with Crippen molar-refractivity contribution in [1.29, 1.82) is 0 Å². The Bertz CT molecular complexity index is 507. The smallest absolute Gasteiger partial charge is 1.00 e. The van der Waals surface area contributed by atoms with Gasteiger partial charge in [-0.1, -0.05) is 104 Å². The van der Waals surface area contributed by atoms with Crippen LogP contribution in [0.2, 0.25) is 0 Å². The zero-order valence-corrected chi connectivity index (χ0v) is 41.6.